The lowest BCUT2D eigenvalue weighted by Crippen LogP contribution is -2.56. The lowest BCUT2D eigenvalue weighted by atomic mass is 9.93. The highest BCUT2D eigenvalue weighted by molar-refractivity contribution is 5.81. The summed E-state index contributed by atoms with van der Waals surface area (Å²) in [5.74, 6) is 0.742. The van der Waals surface area contributed by atoms with E-state index in [2.05, 4.69) is 31.0 Å². The molecular formula is C15H31N3O. The molecule has 3 N–H and O–H groups in total. The van der Waals surface area contributed by atoms with Gasteiger partial charge in [0, 0.05) is 18.6 Å². The number of nitrogens with two attached hydrogens (primary N) is 1. The summed E-state index contributed by atoms with van der Waals surface area (Å²) in [4.78, 5) is 14.4. The first kappa shape index (κ1) is 16.4. The van der Waals surface area contributed by atoms with Crippen molar-refractivity contribution in [3.63, 3.8) is 0 Å². The smallest absolute Gasteiger partial charge is 0.236 e. The zero-order chi connectivity index (χ0) is 14.5. The molecule has 0 aromatic rings. The fourth-order valence-corrected chi connectivity index (χ4v) is 2.73. The van der Waals surface area contributed by atoms with E-state index in [1.807, 2.05) is 6.92 Å². The van der Waals surface area contributed by atoms with Crippen molar-refractivity contribution in [2.24, 2.45) is 11.7 Å². The van der Waals surface area contributed by atoms with Gasteiger partial charge in [0.2, 0.25) is 5.91 Å². The Bertz CT molecular complexity index is 291. The third-order valence-electron chi connectivity index (χ3n) is 4.14. The minimum absolute atomic E-state index is 0.0102. The summed E-state index contributed by atoms with van der Waals surface area (Å²) in [6.07, 6.45) is 4.28. The number of carbonyl (C=O) groups excluding carboxylic acids is 1. The first-order valence-electron chi connectivity index (χ1n) is 7.65. The van der Waals surface area contributed by atoms with Crippen LogP contribution in [0.1, 0.15) is 53.4 Å². The highest BCUT2D eigenvalue weighted by atomic mass is 16.2. The molecule has 1 aliphatic heterocycles. The number of likely N-dealkylation sites (tertiary alicyclic amines) is 1. The van der Waals surface area contributed by atoms with E-state index in [4.69, 9.17) is 5.73 Å². The third kappa shape index (κ3) is 5.11. The van der Waals surface area contributed by atoms with Crippen LogP contribution in [0.3, 0.4) is 0 Å². The Kier molecular flexibility index (Phi) is 6.27. The summed E-state index contributed by atoms with van der Waals surface area (Å²) in [6, 6.07) is -0.360. The normalized spacial score (nSPS) is 23.1. The number of piperidine rings is 1. The second-order valence-corrected chi connectivity index (χ2v) is 6.62. The maximum absolute atomic E-state index is 11.9. The van der Waals surface area contributed by atoms with E-state index in [1.165, 1.54) is 12.8 Å². The van der Waals surface area contributed by atoms with Gasteiger partial charge in [-0.05, 0) is 45.6 Å². The standard InChI is InChI=1S/C15H31N3O/c1-5-7-13(16)14(19)17-11-15(3,4)18-9-6-8-12(2)10-18/h12-13H,5-11,16H2,1-4H3,(H,17,19). The molecule has 0 spiro atoms. The summed E-state index contributed by atoms with van der Waals surface area (Å²) in [5, 5.41) is 3.01. The summed E-state index contributed by atoms with van der Waals surface area (Å²) in [5.41, 5.74) is 5.84. The first-order valence-corrected chi connectivity index (χ1v) is 7.65. The molecule has 0 aliphatic carbocycles. The summed E-state index contributed by atoms with van der Waals surface area (Å²) < 4.78 is 0. The molecule has 1 fully saturated rings. The molecule has 1 amide bonds. The highest BCUT2D eigenvalue weighted by Gasteiger charge is 2.30. The van der Waals surface area contributed by atoms with E-state index in [1.54, 1.807) is 0 Å². The number of hydrogen-bond acceptors (Lipinski definition) is 3. The van der Waals surface area contributed by atoms with Crippen molar-refractivity contribution < 1.29 is 4.79 Å². The summed E-state index contributed by atoms with van der Waals surface area (Å²) in [6.45, 7) is 11.7. The van der Waals surface area contributed by atoms with Gasteiger partial charge < -0.3 is 11.1 Å². The van der Waals surface area contributed by atoms with Gasteiger partial charge in [0.1, 0.15) is 0 Å². The second kappa shape index (κ2) is 7.25. The first-order chi connectivity index (χ1) is 8.86. The van der Waals surface area contributed by atoms with E-state index in [9.17, 15) is 4.79 Å². The van der Waals surface area contributed by atoms with E-state index in [-0.39, 0.29) is 17.5 Å². The van der Waals surface area contributed by atoms with Crippen molar-refractivity contribution in [1.29, 1.82) is 0 Å². The number of nitrogens with one attached hydrogen (secondary N) is 1. The molecule has 0 bridgehead atoms. The highest BCUT2D eigenvalue weighted by Crippen LogP contribution is 2.23. The third-order valence-corrected chi connectivity index (χ3v) is 4.14. The van der Waals surface area contributed by atoms with Crippen LogP contribution in [-0.2, 0) is 4.79 Å². The Morgan fingerprint density at radius 3 is 2.79 bits per heavy atom. The van der Waals surface area contributed by atoms with Gasteiger partial charge in [0.15, 0.2) is 0 Å². The van der Waals surface area contributed by atoms with Crippen molar-refractivity contribution in [2.75, 3.05) is 19.6 Å². The van der Waals surface area contributed by atoms with Crippen molar-refractivity contribution in [3.05, 3.63) is 0 Å². The number of rotatable bonds is 6. The molecule has 0 aromatic carbocycles. The Hall–Kier alpha value is -0.610. The Labute approximate surface area is 118 Å². The van der Waals surface area contributed by atoms with Crippen LogP contribution in [0.25, 0.3) is 0 Å². The van der Waals surface area contributed by atoms with Crippen LogP contribution < -0.4 is 11.1 Å². The maximum atomic E-state index is 11.9. The summed E-state index contributed by atoms with van der Waals surface area (Å²) in [7, 11) is 0. The van der Waals surface area contributed by atoms with Gasteiger partial charge in [-0.3, -0.25) is 9.69 Å². The Balaban J connectivity index is 2.43. The maximum Gasteiger partial charge on any atom is 0.236 e. The van der Waals surface area contributed by atoms with E-state index in [0.717, 1.165) is 31.8 Å². The average Bonchev–Trinajstić information content (AvgIpc) is 2.36. The SMILES string of the molecule is CCCC(N)C(=O)NCC(C)(C)N1CCCC(C)C1. The van der Waals surface area contributed by atoms with Crippen molar-refractivity contribution in [1.82, 2.24) is 10.2 Å². The molecular weight excluding hydrogens is 238 g/mol. The number of hydrogen-bond donors (Lipinski definition) is 2. The van der Waals surface area contributed by atoms with Crippen LogP contribution in [0.4, 0.5) is 0 Å². The quantitative estimate of drug-likeness (QED) is 0.772. The molecule has 19 heavy (non-hydrogen) atoms. The van der Waals surface area contributed by atoms with Gasteiger partial charge in [-0.15, -0.1) is 0 Å². The van der Waals surface area contributed by atoms with E-state index in [0.29, 0.717) is 6.54 Å². The van der Waals surface area contributed by atoms with Crippen LogP contribution in [0, 0.1) is 5.92 Å². The number of amides is 1. The molecule has 2 unspecified atom stereocenters. The fraction of sp³-hybridized carbons (Fsp3) is 0.933. The van der Waals surface area contributed by atoms with Crippen LogP contribution in [0.15, 0.2) is 0 Å². The lowest BCUT2D eigenvalue weighted by Gasteiger charge is -2.43. The van der Waals surface area contributed by atoms with Crippen LogP contribution in [-0.4, -0.2) is 42.0 Å². The zero-order valence-corrected chi connectivity index (χ0v) is 13.0. The minimum atomic E-state index is -0.360. The molecule has 1 aliphatic rings. The van der Waals surface area contributed by atoms with Gasteiger partial charge in [-0.2, -0.15) is 0 Å². The van der Waals surface area contributed by atoms with Gasteiger partial charge in [0.25, 0.3) is 0 Å². The zero-order valence-electron chi connectivity index (χ0n) is 13.0. The lowest BCUT2D eigenvalue weighted by molar-refractivity contribution is -0.123. The molecule has 0 saturated carbocycles. The largest absolute Gasteiger partial charge is 0.353 e. The monoisotopic (exact) mass is 269 g/mol. The second-order valence-electron chi connectivity index (χ2n) is 6.62. The molecule has 112 valence electrons. The Morgan fingerprint density at radius 1 is 1.53 bits per heavy atom. The molecule has 0 aromatic heterocycles. The molecule has 0 radical (unpaired) electrons. The van der Waals surface area contributed by atoms with Gasteiger partial charge in [-0.1, -0.05) is 20.3 Å². The van der Waals surface area contributed by atoms with Gasteiger partial charge in [-0.25, -0.2) is 0 Å². The summed E-state index contributed by atoms with van der Waals surface area (Å²) >= 11 is 0. The molecule has 4 nitrogen and oxygen atoms in total. The van der Waals surface area contributed by atoms with Crippen molar-refractivity contribution in [2.45, 2.75) is 65.0 Å². The van der Waals surface area contributed by atoms with Gasteiger partial charge >= 0.3 is 0 Å². The predicted octanol–water partition coefficient (Wildman–Crippen LogP) is 1.74. The number of nitrogens with zero attached hydrogens (tertiary/aromatic N) is 1. The van der Waals surface area contributed by atoms with Gasteiger partial charge in [0.05, 0.1) is 6.04 Å². The van der Waals surface area contributed by atoms with Crippen LogP contribution in [0.2, 0.25) is 0 Å². The molecule has 1 saturated heterocycles. The van der Waals surface area contributed by atoms with E-state index >= 15 is 0 Å². The molecule has 4 heteroatoms. The molecule has 1 heterocycles. The van der Waals surface area contributed by atoms with Crippen molar-refractivity contribution in [3.8, 4) is 0 Å². The minimum Gasteiger partial charge on any atom is -0.353 e. The Morgan fingerprint density at radius 2 is 2.21 bits per heavy atom. The molecule has 1 rings (SSSR count). The van der Waals surface area contributed by atoms with Crippen molar-refractivity contribution >= 4 is 5.91 Å². The topological polar surface area (TPSA) is 58.4 Å². The molecule has 2 atom stereocenters. The number of carbonyl (C=O) groups is 1. The van der Waals surface area contributed by atoms with Crippen LogP contribution in [0.5, 0.6) is 0 Å². The van der Waals surface area contributed by atoms with Crippen LogP contribution >= 0.6 is 0 Å². The fourth-order valence-electron chi connectivity index (χ4n) is 2.73. The van der Waals surface area contributed by atoms with E-state index < -0.39 is 0 Å². The average molecular weight is 269 g/mol. The predicted molar refractivity (Wildman–Crippen MR) is 79.9 cm³/mol.